The highest BCUT2D eigenvalue weighted by Gasteiger charge is 2.24. The Kier molecular flexibility index (Phi) is 9.33. The van der Waals surface area contributed by atoms with Gasteiger partial charge in [0.15, 0.2) is 0 Å². The highest BCUT2D eigenvalue weighted by atomic mass is 35.5. The van der Waals surface area contributed by atoms with Crippen molar-refractivity contribution in [3.05, 3.63) is 58.6 Å². The number of alkyl halides is 1. The minimum absolute atomic E-state index is 0.187. The fourth-order valence-corrected chi connectivity index (χ4v) is 4.02. The Hall–Kier alpha value is -1.46. The van der Waals surface area contributed by atoms with Crippen molar-refractivity contribution in [1.82, 2.24) is 4.90 Å². The van der Waals surface area contributed by atoms with E-state index in [9.17, 15) is 0 Å². The van der Waals surface area contributed by atoms with Crippen molar-refractivity contribution in [2.24, 2.45) is 0 Å². The quantitative estimate of drug-likeness (QED) is 0.311. The monoisotopic (exact) mass is 465 g/mol. The molecule has 1 aliphatic heterocycles. The van der Waals surface area contributed by atoms with E-state index in [0.29, 0.717) is 23.3 Å². The molecule has 4 nitrogen and oxygen atoms in total. The molecule has 6 heteroatoms. The summed E-state index contributed by atoms with van der Waals surface area (Å²) < 4.78 is 17.0. The fraction of sp³-hybridized carbons (Fsp3) is 0.520. The van der Waals surface area contributed by atoms with Gasteiger partial charge in [-0.2, -0.15) is 0 Å². The van der Waals surface area contributed by atoms with Crippen LogP contribution in [0.5, 0.6) is 11.5 Å². The molecule has 1 fully saturated rings. The molecule has 0 aromatic heterocycles. The first kappa shape index (κ1) is 24.2. The molecule has 0 spiro atoms. The van der Waals surface area contributed by atoms with Gasteiger partial charge in [0, 0.05) is 30.9 Å². The van der Waals surface area contributed by atoms with Crippen LogP contribution in [0.4, 0.5) is 0 Å². The SMILES string of the molecule is CC(C)(c1ccc(OCCCN2CCOCC2)cc1)c1ccc(OCCCCl)c(Cl)c1. The van der Waals surface area contributed by atoms with Gasteiger partial charge in [-0.05, 0) is 48.2 Å². The minimum Gasteiger partial charge on any atom is -0.494 e. The maximum Gasteiger partial charge on any atom is 0.137 e. The van der Waals surface area contributed by atoms with Gasteiger partial charge >= 0.3 is 0 Å². The fourth-order valence-electron chi connectivity index (χ4n) is 3.68. The van der Waals surface area contributed by atoms with Crippen LogP contribution >= 0.6 is 23.2 Å². The van der Waals surface area contributed by atoms with Crippen LogP contribution in [0.25, 0.3) is 0 Å². The second kappa shape index (κ2) is 12.0. The predicted octanol–water partition coefficient (Wildman–Crippen LogP) is 5.77. The van der Waals surface area contributed by atoms with Gasteiger partial charge in [-0.25, -0.2) is 0 Å². The first-order valence-corrected chi connectivity index (χ1v) is 11.9. The molecule has 2 aromatic rings. The molecule has 0 bridgehead atoms. The Morgan fingerprint density at radius 1 is 0.935 bits per heavy atom. The third-order valence-corrected chi connectivity index (χ3v) is 6.32. The summed E-state index contributed by atoms with van der Waals surface area (Å²) >= 11 is 12.2. The van der Waals surface area contributed by atoms with Crippen molar-refractivity contribution in [2.45, 2.75) is 32.1 Å². The van der Waals surface area contributed by atoms with Gasteiger partial charge < -0.3 is 14.2 Å². The molecule has 1 heterocycles. The van der Waals surface area contributed by atoms with E-state index in [1.165, 1.54) is 5.56 Å². The van der Waals surface area contributed by atoms with Crippen LogP contribution in [-0.2, 0) is 10.2 Å². The largest absolute Gasteiger partial charge is 0.494 e. The van der Waals surface area contributed by atoms with Crippen molar-refractivity contribution in [3.63, 3.8) is 0 Å². The van der Waals surface area contributed by atoms with Gasteiger partial charge in [0.1, 0.15) is 11.5 Å². The first-order valence-electron chi connectivity index (χ1n) is 11.0. The third-order valence-electron chi connectivity index (χ3n) is 5.76. The summed E-state index contributed by atoms with van der Waals surface area (Å²) in [6.45, 7) is 10.5. The average Bonchev–Trinajstić information content (AvgIpc) is 2.79. The van der Waals surface area contributed by atoms with Crippen molar-refractivity contribution in [3.8, 4) is 11.5 Å². The van der Waals surface area contributed by atoms with Crippen molar-refractivity contribution >= 4 is 23.2 Å². The lowest BCUT2D eigenvalue weighted by atomic mass is 9.78. The number of ether oxygens (including phenoxy) is 3. The average molecular weight is 466 g/mol. The Morgan fingerprint density at radius 3 is 2.29 bits per heavy atom. The Bertz CT molecular complexity index is 805. The number of halogens is 2. The van der Waals surface area contributed by atoms with Gasteiger partial charge in [0.05, 0.1) is 31.5 Å². The number of benzene rings is 2. The molecular weight excluding hydrogens is 433 g/mol. The Morgan fingerprint density at radius 2 is 1.61 bits per heavy atom. The van der Waals surface area contributed by atoms with Crippen molar-refractivity contribution in [1.29, 1.82) is 0 Å². The molecule has 31 heavy (non-hydrogen) atoms. The van der Waals surface area contributed by atoms with E-state index in [4.69, 9.17) is 37.4 Å². The molecule has 0 unspecified atom stereocenters. The summed E-state index contributed by atoms with van der Waals surface area (Å²) in [5.41, 5.74) is 2.16. The highest BCUT2D eigenvalue weighted by molar-refractivity contribution is 6.32. The number of hydrogen-bond acceptors (Lipinski definition) is 4. The molecule has 0 radical (unpaired) electrons. The van der Waals surface area contributed by atoms with Crippen LogP contribution in [0.3, 0.4) is 0 Å². The maximum absolute atomic E-state index is 6.47. The summed E-state index contributed by atoms with van der Waals surface area (Å²) in [7, 11) is 0. The lowest BCUT2D eigenvalue weighted by molar-refractivity contribution is 0.0358. The molecule has 0 N–H and O–H groups in total. The van der Waals surface area contributed by atoms with Crippen LogP contribution < -0.4 is 9.47 Å². The summed E-state index contributed by atoms with van der Waals surface area (Å²) in [5.74, 6) is 2.19. The molecule has 1 saturated heterocycles. The summed E-state index contributed by atoms with van der Waals surface area (Å²) in [4.78, 5) is 2.43. The number of morpholine rings is 1. The van der Waals surface area contributed by atoms with Crippen LogP contribution in [0, 0.1) is 0 Å². The van der Waals surface area contributed by atoms with Crippen molar-refractivity contribution < 1.29 is 14.2 Å². The Balaban J connectivity index is 1.54. The predicted molar refractivity (Wildman–Crippen MR) is 128 cm³/mol. The second-order valence-corrected chi connectivity index (χ2v) is 9.13. The summed E-state index contributed by atoms with van der Waals surface area (Å²) in [6.07, 6.45) is 1.82. The van der Waals surface area contributed by atoms with E-state index in [2.05, 4.69) is 49.1 Å². The standard InChI is InChI=1S/C25H33Cl2NO3/c1-25(2,21-7-10-24(23(27)19-21)31-15-3-11-26)20-5-8-22(9-6-20)30-16-4-12-28-13-17-29-18-14-28/h5-10,19H,3-4,11-18H2,1-2H3. The first-order chi connectivity index (χ1) is 15.0. The maximum atomic E-state index is 6.47. The zero-order valence-electron chi connectivity index (χ0n) is 18.5. The van der Waals surface area contributed by atoms with E-state index in [-0.39, 0.29) is 5.41 Å². The van der Waals surface area contributed by atoms with Gasteiger partial charge in [0.25, 0.3) is 0 Å². The number of nitrogens with zero attached hydrogens (tertiary/aromatic N) is 1. The molecule has 170 valence electrons. The van der Waals surface area contributed by atoms with E-state index < -0.39 is 0 Å². The molecule has 0 atom stereocenters. The Labute approximate surface area is 196 Å². The van der Waals surface area contributed by atoms with E-state index in [1.807, 2.05) is 12.1 Å². The molecule has 0 aliphatic carbocycles. The molecule has 3 rings (SSSR count). The van der Waals surface area contributed by atoms with Gasteiger partial charge in [0.2, 0.25) is 0 Å². The van der Waals surface area contributed by atoms with Gasteiger partial charge in [-0.1, -0.05) is 43.6 Å². The second-order valence-electron chi connectivity index (χ2n) is 8.34. The van der Waals surface area contributed by atoms with Crippen LogP contribution in [-0.4, -0.2) is 56.8 Å². The molecule has 0 amide bonds. The van der Waals surface area contributed by atoms with Crippen LogP contribution in [0.2, 0.25) is 5.02 Å². The van der Waals surface area contributed by atoms with E-state index >= 15 is 0 Å². The molecular formula is C25H33Cl2NO3. The van der Waals surface area contributed by atoms with Crippen molar-refractivity contribution in [2.75, 3.05) is 51.9 Å². The number of rotatable bonds is 11. The lowest BCUT2D eigenvalue weighted by Crippen LogP contribution is -2.37. The topological polar surface area (TPSA) is 30.9 Å². The molecule has 0 saturated carbocycles. The number of hydrogen-bond donors (Lipinski definition) is 0. The van der Waals surface area contributed by atoms with Gasteiger partial charge in [-0.15, -0.1) is 11.6 Å². The minimum atomic E-state index is -0.187. The van der Waals surface area contributed by atoms with Crippen LogP contribution in [0.15, 0.2) is 42.5 Å². The smallest absolute Gasteiger partial charge is 0.137 e. The zero-order chi connectivity index (χ0) is 22.1. The molecule has 2 aromatic carbocycles. The van der Waals surface area contributed by atoms with Crippen LogP contribution in [0.1, 0.15) is 37.8 Å². The zero-order valence-corrected chi connectivity index (χ0v) is 20.1. The third kappa shape index (κ3) is 7.01. The lowest BCUT2D eigenvalue weighted by Gasteiger charge is -2.27. The van der Waals surface area contributed by atoms with E-state index in [1.54, 1.807) is 0 Å². The van der Waals surface area contributed by atoms with E-state index in [0.717, 1.165) is 63.6 Å². The highest BCUT2D eigenvalue weighted by Crippen LogP contribution is 2.36. The van der Waals surface area contributed by atoms with Gasteiger partial charge in [-0.3, -0.25) is 4.90 Å². The molecule has 1 aliphatic rings. The summed E-state index contributed by atoms with van der Waals surface area (Å²) in [6, 6.07) is 14.4. The summed E-state index contributed by atoms with van der Waals surface area (Å²) in [5, 5.41) is 0.625. The normalized spacial score (nSPS) is 15.1.